The van der Waals surface area contributed by atoms with Crippen molar-refractivity contribution in [3.8, 4) is 5.75 Å². The van der Waals surface area contributed by atoms with Gasteiger partial charge in [0, 0.05) is 20.0 Å². The molecular weight excluding hydrogens is 246 g/mol. The Bertz CT molecular complexity index is 490. The van der Waals surface area contributed by atoms with Crippen LogP contribution in [0.2, 0.25) is 0 Å². The van der Waals surface area contributed by atoms with Gasteiger partial charge >= 0.3 is 0 Å². The number of nitrogens with zero attached hydrogens (tertiary/aromatic N) is 2. The first-order valence-electron chi connectivity index (χ1n) is 6.18. The Hall–Kier alpha value is -2.11. The summed E-state index contributed by atoms with van der Waals surface area (Å²) in [4.78, 5) is 28.0. The third-order valence-electron chi connectivity index (χ3n) is 2.94. The number of pyridine rings is 1. The van der Waals surface area contributed by atoms with Crippen LogP contribution in [-0.4, -0.2) is 37.4 Å². The standard InChI is InChI=1S/C13H17N3O3/c1-9(5-6-17)7-16(2)11-4-3-10-13(14-11)15-12(18)8-19-10/h3-4,6,9H,5,7-8H2,1-2H3,(H,14,15,18)/t9-/m1/s1. The van der Waals surface area contributed by atoms with Gasteiger partial charge in [-0.2, -0.15) is 0 Å². The van der Waals surface area contributed by atoms with Crippen molar-refractivity contribution in [1.82, 2.24) is 4.98 Å². The summed E-state index contributed by atoms with van der Waals surface area (Å²) in [5.74, 6) is 1.82. The third kappa shape index (κ3) is 3.21. The lowest BCUT2D eigenvalue weighted by molar-refractivity contribution is -0.118. The van der Waals surface area contributed by atoms with E-state index in [0.717, 1.165) is 18.6 Å². The molecule has 19 heavy (non-hydrogen) atoms. The zero-order chi connectivity index (χ0) is 13.8. The maximum Gasteiger partial charge on any atom is 0.263 e. The number of nitrogens with one attached hydrogen (secondary N) is 1. The fourth-order valence-corrected chi connectivity index (χ4v) is 1.97. The van der Waals surface area contributed by atoms with Gasteiger partial charge in [-0.05, 0) is 18.1 Å². The first-order chi connectivity index (χ1) is 9.10. The van der Waals surface area contributed by atoms with Crippen molar-refractivity contribution in [1.29, 1.82) is 0 Å². The molecule has 1 aliphatic heterocycles. The molecule has 0 saturated carbocycles. The molecule has 1 atom stereocenters. The fraction of sp³-hybridized carbons (Fsp3) is 0.462. The number of fused-ring (bicyclic) bond motifs is 1. The first-order valence-corrected chi connectivity index (χ1v) is 6.18. The van der Waals surface area contributed by atoms with E-state index in [1.165, 1.54) is 0 Å². The Morgan fingerprint density at radius 1 is 1.58 bits per heavy atom. The first kappa shape index (κ1) is 13.3. The van der Waals surface area contributed by atoms with Gasteiger partial charge in [-0.3, -0.25) is 4.79 Å². The van der Waals surface area contributed by atoms with Crippen LogP contribution in [0.15, 0.2) is 12.1 Å². The molecular formula is C13H17N3O3. The van der Waals surface area contributed by atoms with Crippen molar-refractivity contribution in [3.05, 3.63) is 12.1 Å². The highest BCUT2D eigenvalue weighted by molar-refractivity contribution is 5.94. The summed E-state index contributed by atoms with van der Waals surface area (Å²) in [5, 5.41) is 2.68. The lowest BCUT2D eigenvalue weighted by Gasteiger charge is -2.24. The van der Waals surface area contributed by atoms with Crippen molar-refractivity contribution in [2.24, 2.45) is 5.92 Å². The predicted octanol–water partition coefficient (Wildman–Crippen LogP) is 1.07. The van der Waals surface area contributed by atoms with E-state index in [1.54, 1.807) is 6.07 Å². The van der Waals surface area contributed by atoms with Gasteiger partial charge in [0.15, 0.2) is 18.2 Å². The SMILES string of the molecule is C[C@H](CC=O)CN(C)c1ccc2c(n1)NC(=O)CO2. The van der Waals surface area contributed by atoms with E-state index >= 15 is 0 Å². The second-order valence-corrected chi connectivity index (χ2v) is 4.74. The molecule has 1 aromatic heterocycles. The minimum Gasteiger partial charge on any atom is -0.480 e. The van der Waals surface area contributed by atoms with Crippen LogP contribution >= 0.6 is 0 Å². The van der Waals surface area contributed by atoms with Crippen LogP contribution in [0.4, 0.5) is 11.6 Å². The van der Waals surface area contributed by atoms with Gasteiger partial charge in [0.05, 0.1) is 0 Å². The van der Waals surface area contributed by atoms with Crippen LogP contribution in [0.5, 0.6) is 5.75 Å². The van der Waals surface area contributed by atoms with E-state index in [2.05, 4.69) is 10.3 Å². The second-order valence-electron chi connectivity index (χ2n) is 4.74. The lowest BCUT2D eigenvalue weighted by Crippen LogP contribution is -2.28. The lowest BCUT2D eigenvalue weighted by atomic mass is 10.1. The molecule has 1 amide bonds. The van der Waals surface area contributed by atoms with Crippen molar-refractivity contribution < 1.29 is 14.3 Å². The summed E-state index contributed by atoms with van der Waals surface area (Å²) in [7, 11) is 1.90. The summed E-state index contributed by atoms with van der Waals surface area (Å²) >= 11 is 0. The van der Waals surface area contributed by atoms with Crippen LogP contribution in [0.25, 0.3) is 0 Å². The second kappa shape index (κ2) is 5.69. The number of amides is 1. The van der Waals surface area contributed by atoms with Crippen molar-refractivity contribution >= 4 is 23.8 Å². The molecule has 0 saturated heterocycles. The molecule has 1 aliphatic rings. The molecule has 1 N–H and O–H groups in total. The van der Waals surface area contributed by atoms with Crippen molar-refractivity contribution in [2.75, 3.05) is 30.4 Å². The molecule has 0 radical (unpaired) electrons. The number of aromatic nitrogens is 1. The topological polar surface area (TPSA) is 71.5 Å². The quantitative estimate of drug-likeness (QED) is 0.805. The van der Waals surface area contributed by atoms with Gasteiger partial charge in [0.1, 0.15) is 12.1 Å². The number of carbonyl (C=O) groups excluding carboxylic acids is 2. The van der Waals surface area contributed by atoms with E-state index in [4.69, 9.17) is 4.74 Å². The number of aldehydes is 1. The Morgan fingerprint density at radius 3 is 3.11 bits per heavy atom. The van der Waals surface area contributed by atoms with Gasteiger partial charge in [-0.15, -0.1) is 0 Å². The van der Waals surface area contributed by atoms with Gasteiger partial charge in [0.2, 0.25) is 0 Å². The molecule has 1 aromatic rings. The zero-order valence-electron chi connectivity index (χ0n) is 11.0. The smallest absolute Gasteiger partial charge is 0.263 e. The van der Waals surface area contributed by atoms with Crippen LogP contribution in [0, 0.1) is 5.92 Å². The Kier molecular flexibility index (Phi) is 3.99. The summed E-state index contributed by atoms with van der Waals surface area (Å²) in [6, 6.07) is 3.63. The summed E-state index contributed by atoms with van der Waals surface area (Å²) in [5.41, 5.74) is 0. The number of rotatable bonds is 5. The van der Waals surface area contributed by atoms with Crippen LogP contribution in [-0.2, 0) is 9.59 Å². The average molecular weight is 263 g/mol. The number of ether oxygens (including phenoxy) is 1. The normalized spacial score (nSPS) is 14.9. The fourth-order valence-electron chi connectivity index (χ4n) is 1.97. The van der Waals surface area contributed by atoms with E-state index in [1.807, 2.05) is 24.9 Å². The van der Waals surface area contributed by atoms with E-state index in [0.29, 0.717) is 18.0 Å². The van der Waals surface area contributed by atoms with Gasteiger partial charge in [0.25, 0.3) is 5.91 Å². The van der Waals surface area contributed by atoms with Crippen molar-refractivity contribution in [3.63, 3.8) is 0 Å². The number of hydrogen-bond donors (Lipinski definition) is 1. The summed E-state index contributed by atoms with van der Waals surface area (Å²) in [6.07, 6.45) is 1.45. The van der Waals surface area contributed by atoms with Crippen LogP contribution in [0.1, 0.15) is 13.3 Å². The molecule has 6 nitrogen and oxygen atoms in total. The minimum absolute atomic E-state index is 0.0280. The zero-order valence-corrected chi connectivity index (χ0v) is 11.0. The molecule has 0 aromatic carbocycles. The molecule has 0 spiro atoms. The maximum atomic E-state index is 11.2. The van der Waals surface area contributed by atoms with Crippen LogP contribution in [0.3, 0.4) is 0 Å². The molecule has 0 aliphatic carbocycles. The van der Waals surface area contributed by atoms with E-state index in [-0.39, 0.29) is 18.4 Å². The van der Waals surface area contributed by atoms with Crippen molar-refractivity contribution in [2.45, 2.75) is 13.3 Å². The minimum atomic E-state index is -0.200. The van der Waals surface area contributed by atoms with Gasteiger partial charge in [-0.1, -0.05) is 6.92 Å². The van der Waals surface area contributed by atoms with E-state index in [9.17, 15) is 9.59 Å². The highest BCUT2D eigenvalue weighted by atomic mass is 16.5. The van der Waals surface area contributed by atoms with E-state index < -0.39 is 0 Å². The third-order valence-corrected chi connectivity index (χ3v) is 2.94. The number of anilines is 2. The monoisotopic (exact) mass is 263 g/mol. The molecule has 0 unspecified atom stereocenters. The molecule has 2 heterocycles. The largest absolute Gasteiger partial charge is 0.480 e. The average Bonchev–Trinajstić information content (AvgIpc) is 2.38. The van der Waals surface area contributed by atoms with Gasteiger partial charge in [-0.25, -0.2) is 4.98 Å². The number of carbonyl (C=O) groups is 2. The highest BCUT2D eigenvalue weighted by Crippen LogP contribution is 2.28. The Labute approximate surface area is 111 Å². The maximum absolute atomic E-state index is 11.2. The molecule has 102 valence electrons. The molecule has 0 fully saturated rings. The summed E-state index contributed by atoms with van der Waals surface area (Å²) in [6.45, 7) is 2.76. The summed E-state index contributed by atoms with van der Waals surface area (Å²) < 4.78 is 5.25. The van der Waals surface area contributed by atoms with Crippen LogP contribution < -0.4 is 15.0 Å². The Morgan fingerprint density at radius 2 is 2.37 bits per heavy atom. The predicted molar refractivity (Wildman–Crippen MR) is 71.5 cm³/mol. The highest BCUT2D eigenvalue weighted by Gasteiger charge is 2.18. The molecule has 6 heteroatoms. The Balaban J connectivity index is 2.10. The number of hydrogen-bond acceptors (Lipinski definition) is 5. The molecule has 2 rings (SSSR count). The molecule has 0 bridgehead atoms. The van der Waals surface area contributed by atoms with Gasteiger partial charge < -0.3 is 19.7 Å².